The van der Waals surface area contributed by atoms with Crippen LogP contribution in [0, 0.1) is 11.8 Å². The minimum Gasteiger partial charge on any atom is -0.508 e. The van der Waals surface area contributed by atoms with Crippen LogP contribution in [0.4, 0.5) is 0 Å². The largest absolute Gasteiger partial charge is 0.508 e. The van der Waals surface area contributed by atoms with E-state index in [0.717, 1.165) is 0 Å². The molecule has 524 valence electrons. The fourth-order valence-electron chi connectivity index (χ4n) is 9.75. The van der Waals surface area contributed by atoms with E-state index in [1.165, 1.54) is 43.0 Å². The van der Waals surface area contributed by atoms with E-state index in [1.807, 2.05) is 13.8 Å². The van der Waals surface area contributed by atoms with Gasteiger partial charge in [0.15, 0.2) is 5.96 Å². The third-order valence-electron chi connectivity index (χ3n) is 14.6. The van der Waals surface area contributed by atoms with Gasteiger partial charge in [-0.05, 0) is 93.9 Å². The van der Waals surface area contributed by atoms with Crippen LogP contribution in [-0.2, 0) is 80.0 Å². The van der Waals surface area contributed by atoms with Gasteiger partial charge >= 0.3 is 0 Å². The molecule has 1 heterocycles. The van der Waals surface area contributed by atoms with Crippen molar-refractivity contribution in [1.82, 2.24) is 63.4 Å². The minimum atomic E-state index is -1.60. The number of amides is 14. The van der Waals surface area contributed by atoms with Crippen LogP contribution in [0.15, 0.2) is 59.6 Å². The highest BCUT2D eigenvalue weighted by atomic mass is 16.3. The average molecular weight is 1340 g/mol. The van der Waals surface area contributed by atoms with E-state index in [9.17, 15) is 77.3 Å². The smallest absolute Gasteiger partial charge is 0.245 e. The van der Waals surface area contributed by atoms with Crippen molar-refractivity contribution in [3.63, 3.8) is 0 Å². The molecule has 0 aromatic heterocycles. The van der Waals surface area contributed by atoms with Crippen LogP contribution in [0.5, 0.6) is 5.75 Å². The number of carbonyl (C=O) groups excluding carboxylic acids is 14. The Kier molecular flexibility index (Phi) is 33.5. The lowest BCUT2D eigenvalue weighted by Crippen LogP contribution is -2.59. The van der Waals surface area contributed by atoms with Gasteiger partial charge in [0.2, 0.25) is 82.7 Å². The number of nitrogens with one attached hydrogen (secondary N) is 11. The molecule has 34 nitrogen and oxygen atoms in total. The lowest BCUT2D eigenvalue weighted by Gasteiger charge is -2.27. The highest BCUT2D eigenvalue weighted by Crippen LogP contribution is 2.19. The van der Waals surface area contributed by atoms with E-state index >= 15 is 0 Å². The normalized spacial score (nSPS) is 15.4. The van der Waals surface area contributed by atoms with Gasteiger partial charge in [-0.1, -0.05) is 70.2 Å². The van der Waals surface area contributed by atoms with E-state index in [2.05, 4.69) is 63.5 Å². The first-order chi connectivity index (χ1) is 44.8. The first kappa shape index (κ1) is 79.2. The second-order valence-electron chi connectivity index (χ2n) is 23.8. The molecule has 1 aliphatic rings. The maximum atomic E-state index is 14.5. The van der Waals surface area contributed by atoms with Crippen molar-refractivity contribution in [2.45, 2.75) is 166 Å². The summed E-state index contributed by atoms with van der Waals surface area (Å²) in [7, 11) is 0. The Morgan fingerprint density at radius 2 is 1.00 bits per heavy atom. The molecule has 95 heavy (non-hydrogen) atoms. The number of primary amides is 2. The van der Waals surface area contributed by atoms with Gasteiger partial charge in [-0.3, -0.25) is 72.1 Å². The summed E-state index contributed by atoms with van der Waals surface area (Å²) in [5.41, 5.74) is 28.7. The Morgan fingerprint density at radius 1 is 0.537 bits per heavy atom. The fraction of sp³-hybridized carbons (Fsp3) is 0.557. The standard InChI is InChI=1S/C61H94N18O16/c1-32(2)24-41(51(64)86)72-49(84)29-68-53(88)43(26-36-12-8-7-9-13-36)73-50(85)30-69-54(89)44(27-37-16-18-38(81)19-17-37)77-58(93)42(25-33(3)4)76-56(91)39(14-10-22-67-61(65)66)75-57(92)40(20-21-47(63)82)74-52(87)35(6)71-48(83)28-70-55(90)45(31-80)78-59(94)46-15-11-23-79(46)60(95)34(5)62/h7-9,12-13,16-19,32-35,39-46,80-81H,10-11,14-15,20-31,62H2,1-6H3,(H2,63,82)(H2,64,86)(H,68,88)(H,69,89)(H,70,90)(H,71,83)(H,72,84)(H,73,85)(H,74,87)(H,75,92)(H,76,91)(H,77,93)(H,78,94)(H4,65,66,67)/t34-,35-,39+,40-,41-,42+,43-,44+,45-,46-/m0/s1. The summed E-state index contributed by atoms with van der Waals surface area (Å²) in [6.45, 7) is 7.04. The molecule has 0 unspecified atom stereocenters. The average Bonchev–Trinajstić information content (AvgIpc) is 1.77. The zero-order valence-corrected chi connectivity index (χ0v) is 54.3. The number of aliphatic imine (C=N–C) groups is 1. The lowest BCUT2D eigenvalue weighted by molar-refractivity contribution is -0.140. The molecule has 3 rings (SSSR count). The first-order valence-electron chi connectivity index (χ1n) is 31.1. The molecule has 0 spiro atoms. The van der Waals surface area contributed by atoms with Crippen molar-refractivity contribution in [2.75, 3.05) is 39.3 Å². The molecule has 34 heteroatoms. The number of likely N-dealkylation sites (tertiary alicyclic amines) is 1. The summed E-state index contributed by atoms with van der Waals surface area (Å²) in [5.74, 6) is -12.6. The number of aliphatic hydroxyl groups is 1. The predicted octanol–water partition coefficient (Wildman–Crippen LogP) is -6.35. The van der Waals surface area contributed by atoms with Crippen molar-refractivity contribution in [3.8, 4) is 5.75 Å². The van der Waals surface area contributed by atoms with E-state index in [-0.39, 0.29) is 81.6 Å². The van der Waals surface area contributed by atoms with Gasteiger partial charge in [-0.25, -0.2) is 0 Å². The third-order valence-corrected chi connectivity index (χ3v) is 14.6. The van der Waals surface area contributed by atoms with Crippen LogP contribution in [-0.4, -0.2) is 204 Å². The zero-order chi connectivity index (χ0) is 71.1. The van der Waals surface area contributed by atoms with Crippen molar-refractivity contribution < 1.29 is 77.3 Å². The number of guanidine groups is 1. The number of carbonyl (C=O) groups is 14. The number of hydrogen-bond acceptors (Lipinski definition) is 18. The van der Waals surface area contributed by atoms with Gasteiger partial charge in [0.25, 0.3) is 0 Å². The Labute approximate surface area is 550 Å². The number of rotatable bonds is 40. The van der Waals surface area contributed by atoms with E-state index < -0.39 is 182 Å². The molecule has 0 aliphatic carbocycles. The lowest BCUT2D eigenvalue weighted by atomic mass is 10.00. The maximum Gasteiger partial charge on any atom is 0.245 e. The van der Waals surface area contributed by atoms with Gasteiger partial charge < -0.3 is 102 Å². The van der Waals surface area contributed by atoms with Crippen LogP contribution in [0.2, 0.25) is 0 Å². The molecule has 2 aromatic carbocycles. The van der Waals surface area contributed by atoms with Crippen LogP contribution >= 0.6 is 0 Å². The van der Waals surface area contributed by atoms with Gasteiger partial charge in [0, 0.05) is 32.4 Å². The molecule has 2 aromatic rings. The summed E-state index contributed by atoms with van der Waals surface area (Å²) < 4.78 is 0. The molecule has 0 saturated carbocycles. The summed E-state index contributed by atoms with van der Waals surface area (Å²) in [4.78, 5) is 192. The summed E-state index contributed by atoms with van der Waals surface area (Å²) in [6, 6.07) is 1.05. The molecule has 23 N–H and O–H groups in total. The van der Waals surface area contributed by atoms with E-state index in [0.29, 0.717) is 17.5 Å². The second-order valence-corrected chi connectivity index (χ2v) is 23.8. The van der Waals surface area contributed by atoms with E-state index in [1.54, 1.807) is 44.2 Å². The van der Waals surface area contributed by atoms with Crippen molar-refractivity contribution in [1.29, 1.82) is 0 Å². The monoisotopic (exact) mass is 1330 g/mol. The van der Waals surface area contributed by atoms with Crippen LogP contribution in [0.3, 0.4) is 0 Å². The Hall–Kier alpha value is -9.99. The Balaban J connectivity index is 1.81. The van der Waals surface area contributed by atoms with Crippen molar-refractivity contribution in [2.24, 2.45) is 45.5 Å². The summed E-state index contributed by atoms with van der Waals surface area (Å²) >= 11 is 0. The van der Waals surface area contributed by atoms with Crippen LogP contribution in [0.1, 0.15) is 104 Å². The Morgan fingerprint density at radius 3 is 1.52 bits per heavy atom. The number of hydrogen-bond donors (Lipinski definition) is 18. The molecule has 0 bridgehead atoms. The number of phenolic OH excluding ortho intramolecular Hbond substituents is 1. The number of aromatic hydroxyl groups is 1. The molecule has 1 saturated heterocycles. The highest BCUT2D eigenvalue weighted by Gasteiger charge is 2.38. The molecule has 10 atom stereocenters. The first-order valence-corrected chi connectivity index (χ1v) is 31.1. The van der Waals surface area contributed by atoms with Gasteiger partial charge in [-0.15, -0.1) is 0 Å². The third kappa shape index (κ3) is 29.2. The predicted molar refractivity (Wildman–Crippen MR) is 344 cm³/mol. The van der Waals surface area contributed by atoms with Crippen molar-refractivity contribution in [3.05, 3.63) is 65.7 Å². The molecule has 14 amide bonds. The topological polar surface area (TPSA) is 557 Å². The van der Waals surface area contributed by atoms with Gasteiger partial charge in [0.1, 0.15) is 60.1 Å². The number of benzene rings is 2. The van der Waals surface area contributed by atoms with E-state index in [4.69, 9.17) is 28.7 Å². The molecule has 1 fully saturated rings. The SMILES string of the molecule is CC(C)C[C@H](NC(=O)CNC(=O)[C@H](Cc1ccccc1)NC(=O)CNC(=O)[C@@H](Cc1ccc(O)cc1)NC(=O)[C@@H](CC(C)C)NC(=O)[C@@H](CCCN=C(N)N)NC(=O)[C@H](CCC(N)=O)NC(=O)[C@H](C)NC(=O)CNC(=O)[C@H](CO)NC(=O)[C@@H]1CCCN1C(=O)[C@H](C)N)C(N)=O. The number of nitrogens with zero attached hydrogens (tertiary/aromatic N) is 2. The van der Waals surface area contributed by atoms with Crippen LogP contribution in [0.25, 0.3) is 0 Å². The number of phenols is 1. The van der Waals surface area contributed by atoms with Gasteiger partial charge in [0.05, 0.1) is 32.3 Å². The van der Waals surface area contributed by atoms with Crippen molar-refractivity contribution >= 4 is 88.7 Å². The molecular formula is C61H94N18O16. The quantitative estimate of drug-likeness (QED) is 0.0168. The zero-order valence-electron chi connectivity index (χ0n) is 54.3. The molecular weight excluding hydrogens is 1240 g/mol. The number of nitrogens with two attached hydrogens (primary N) is 5. The summed E-state index contributed by atoms with van der Waals surface area (Å²) in [6.07, 6.45) is -0.374. The maximum absolute atomic E-state index is 14.5. The minimum absolute atomic E-state index is 0.000101. The number of aliphatic hydroxyl groups excluding tert-OH is 1. The molecule has 0 radical (unpaired) electrons. The van der Waals surface area contributed by atoms with Gasteiger partial charge in [-0.2, -0.15) is 0 Å². The fourth-order valence-corrected chi connectivity index (χ4v) is 9.75. The summed E-state index contributed by atoms with van der Waals surface area (Å²) in [5, 5.41) is 47.1. The second kappa shape index (κ2) is 40.2. The highest BCUT2D eigenvalue weighted by molar-refractivity contribution is 5.99. The Bertz CT molecular complexity index is 3020. The van der Waals surface area contributed by atoms with Crippen LogP contribution < -0.4 is 87.2 Å². The molecule has 1 aliphatic heterocycles.